The fourth-order valence-electron chi connectivity index (χ4n) is 1.88. The van der Waals surface area contributed by atoms with Crippen LogP contribution < -0.4 is 5.32 Å². The molecule has 2 rings (SSSR count). The number of anilines is 1. The maximum absolute atomic E-state index is 11.8. The SMILES string of the molecule is O=C(COC(=O)c1ccc([N+](=O)[O-])cc1)Nc1ccc(Cl)cc1[N+](=O)[O-]. The van der Waals surface area contributed by atoms with Crippen molar-refractivity contribution >= 4 is 40.5 Å². The zero-order valence-electron chi connectivity index (χ0n) is 12.9. The minimum Gasteiger partial charge on any atom is -0.452 e. The second-order valence-corrected chi connectivity index (χ2v) is 5.28. The van der Waals surface area contributed by atoms with E-state index in [0.29, 0.717) is 0 Å². The van der Waals surface area contributed by atoms with Crippen molar-refractivity contribution in [3.63, 3.8) is 0 Å². The zero-order valence-corrected chi connectivity index (χ0v) is 13.6. The third-order valence-electron chi connectivity index (χ3n) is 3.08. The lowest BCUT2D eigenvalue weighted by Gasteiger charge is -2.07. The third kappa shape index (κ3) is 4.74. The lowest BCUT2D eigenvalue weighted by Crippen LogP contribution is -2.21. The molecular formula is C15H10ClN3O7. The highest BCUT2D eigenvalue weighted by molar-refractivity contribution is 6.31. The average Bonchev–Trinajstić information content (AvgIpc) is 2.61. The van der Waals surface area contributed by atoms with E-state index < -0.39 is 34.0 Å². The van der Waals surface area contributed by atoms with Gasteiger partial charge in [-0.05, 0) is 24.3 Å². The molecule has 134 valence electrons. The molecule has 26 heavy (non-hydrogen) atoms. The number of carbonyl (C=O) groups is 2. The van der Waals surface area contributed by atoms with Gasteiger partial charge in [-0.2, -0.15) is 0 Å². The number of rotatable bonds is 6. The van der Waals surface area contributed by atoms with Crippen LogP contribution in [0.15, 0.2) is 42.5 Å². The number of nitrogens with one attached hydrogen (secondary N) is 1. The summed E-state index contributed by atoms with van der Waals surface area (Å²) < 4.78 is 4.77. The highest BCUT2D eigenvalue weighted by Gasteiger charge is 2.18. The number of esters is 1. The Kier molecular flexibility index (Phi) is 5.81. The van der Waals surface area contributed by atoms with Gasteiger partial charge < -0.3 is 10.1 Å². The van der Waals surface area contributed by atoms with Gasteiger partial charge in [0, 0.05) is 23.2 Å². The number of halogens is 1. The first-order chi connectivity index (χ1) is 12.3. The number of carbonyl (C=O) groups excluding carboxylic acids is 2. The van der Waals surface area contributed by atoms with E-state index in [2.05, 4.69) is 5.32 Å². The summed E-state index contributed by atoms with van der Waals surface area (Å²) in [6.45, 7) is -0.699. The summed E-state index contributed by atoms with van der Waals surface area (Å²) in [5.74, 6) is -1.67. The zero-order chi connectivity index (χ0) is 19.3. The molecule has 10 nitrogen and oxygen atoms in total. The van der Waals surface area contributed by atoms with Gasteiger partial charge in [0.2, 0.25) is 0 Å². The van der Waals surface area contributed by atoms with Gasteiger partial charge in [-0.15, -0.1) is 0 Å². The standard InChI is InChI=1S/C15H10ClN3O7/c16-10-3-6-12(13(7-10)19(24)25)17-14(20)8-26-15(21)9-1-4-11(5-2-9)18(22)23/h1-7H,8H2,(H,17,20). The number of nitro benzene ring substituents is 2. The summed E-state index contributed by atoms with van der Waals surface area (Å²) >= 11 is 5.67. The number of ether oxygens (including phenoxy) is 1. The Labute approximate surface area is 150 Å². The first-order valence-electron chi connectivity index (χ1n) is 6.93. The Balaban J connectivity index is 1.97. The predicted octanol–water partition coefficient (Wildman–Crippen LogP) is 2.95. The second kappa shape index (κ2) is 8.03. The number of amides is 1. The van der Waals surface area contributed by atoms with Gasteiger partial charge in [0.1, 0.15) is 5.69 Å². The van der Waals surface area contributed by atoms with Crippen molar-refractivity contribution in [2.24, 2.45) is 0 Å². The van der Waals surface area contributed by atoms with Crippen LogP contribution in [0.2, 0.25) is 5.02 Å². The summed E-state index contributed by atoms with van der Waals surface area (Å²) in [6, 6.07) is 8.27. The minimum absolute atomic E-state index is 0.0147. The van der Waals surface area contributed by atoms with Crippen molar-refractivity contribution < 1.29 is 24.2 Å². The Morgan fingerprint density at radius 1 is 1.04 bits per heavy atom. The number of benzene rings is 2. The van der Waals surface area contributed by atoms with E-state index in [4.69, 9.17) is 16.3 Å². The quantitative estimate of drug-likeness (QED) is 0.461. The Morgan fingerprint density at radius 2 is 1.69 bits per heavy atom. The van der Waals surface area contributed by atoms with Crippen LogP contribution in [0.4, 0.5) is 17.1 Å². The van der Waals surface area contributed by atoms with E-state index in [-0.39, 0.29) is 22.0 Å². The van der Waals surface area contributed by atoms with E-state index in [1.165, 1.54) is 24.3 Å². The predicted molar refractivity (Wildman–Crippen MR) is 90.1 cm³/mol. The molecule has 0 aromatic heterocycles. The van der Waals surface area contributed by atoms with Crippen LogP contribution in [0.5, 0.6) is 0 Å². The van der Waals surface area contributed by atoms with E-state index in [1.807, 2.05) is 0 Å². The Morgan fingerprint density at radius 3 is 2.27 bits per heavy atom. The lowest BCUT2D eigenvalue weighted by atomic mass is 10.2. The molecule has 0 bridgehead atoms. The summed E-state index contributed by atoms with van der Waals surface area (Å²) in [5, 5.41) is 23.9. The van der Waals surface area contributed by atoms with E-state index in [0.717, 1.165) is 18.2 Å². The monoisotopic (exact) mass is 379 g/mol. The minimum atomic E-state index is -0.874. The molecule has 0 spiro atoms. The molecule has 2 aromatic rings. The molecule has 0 aliphatic heterocycles. The lowest BCUT2D eigenvalue weighted by molar-refractivity contribution is -0.384. The molecule has 0 atom stereocenters. The van der Waals surface area contributed by atoms with Crippen molar-refractivity contribution in [1.82, 2.24) is 0 Å². The van der Waals surface area contributed by atoms with Gasteiger partial charge in [0.25, 0.3) is 17.3 Å². The number of non-ortho nitro benzene ring substituents is 1. The largest absolute Gasteiger partial charge is 0.452 e. The van der Waals surface area contributed by atoms with Crippen molar-refractivity contribution in [2.75, 3.05) is 11.9 Å². The molecule has 1 N–H and O–H groups in total. The Hall–Kier alpha value is -3.53. The molecule has 1 amide bonds. The fraction of sp³-hybridized carbons (Fsp3) is 0.0667. The number of nitrogens with zero attached hydrogens (tertiary/aromatic N) is 2. The molecule has 0 aliphatic rings. The normalized spacial score (nSPS) is 10.0. The topological polar surface area (TPSA) is 142 Å². The highest BCUT2D eigenvalue weighted by atomic mass is 35.5. The first-order valence-corrected chi connectivity index (χ1v) is 7.31. The maximum Gasteiger partial charge on any atom is 0.338 e. The van der Waals surface area contributed by atoms with E-state index in [9.17, 15) is 29.8 Å². The molecule has 0 radical (unpaired) electrons. The number of nitro groups is 2. The third-order valence-corrected chi connectivity index (χ3v) is 3.31. The summed E-state index contributed by atoms with van der Waals surface area (Å²) in [7, 11) is 0. The molecule has 0 saturated heterocycles. The fourth-order valence-corrected chi connectivity index (χ4v) is 2.05. The van der Waals surface area contributed by atoms with Crippen LogP contribution in [0.1, 0.15) is 10.4 Å². The molecule has 0 aliphatic carbocycles. The van der Waals surface area contributed by atoms with Crippen LogP contribution in [0.3, 0.4) is 0 Å². The molecule has 2 aromatic carbocycles. The molecule has 0 unspecified atom stereocenters. The van der Waals surface area contributed by atoms with Gasteiger partial charge in [0.15, 0.2) is 6.61 Å². The van der Waals surface area contributed by atoms with Crippen molar-refractivity contribution in [3.8, 4) is 0 Å². The van der Waals surface area contributed by atoms with Crippen molar-refractivity contribution in [2.45, 2.75) is 0 Å². The van der Waals surface area contributed by atoms with Gasteiger partial charge in [-0.1, -0.05) is 11.6 Å². The van der Waals surface area contributed by atoms with Crippen LogP contribution in [0, 0.1) is 20.2 Å². The second-order valence-electron chi connectivity index (χ2n) is 4.85. The van der Waals surface area contributed by atoms with Gasteiger partial charge in [0.05, 0.1) is 15.4 Å². The molecule has 11 heteroatoms. The van der Waals surface area contributed by atoms with Crippen molar-refractivity contribution in [1.29, 1.82) is 0 Å². The summed E-state index contributed by atoms with van der Waals surface area (Å²) in [6.07, 6.45) is 0. The molecule has 0 fully saturated rings. The maximum atomic E-state index is 11.8. The van der Waals surface area contributed by atoms with Gasteiger partial charge in [-0.25, -0.2) is 4.79 Å². The van der Waals surface area contributed by atoms with Gasteiger partial charge >= 0.3 is 5.97 Å². The molecular weight excluding hydrogens is 370 g/mol. The smallest absolute Gasteiger partial charge is 0.338 e. The van der Waals surface area contributed by atoms with Crippen LogP contribution >= 0.6 is 11.6 Å². The molecule has 0 saturated carbocycles. The summed E-state index contributed by atoms with van der Waals surface area (Å²) in [4.78, 5) is 43.8. The Bertz CT molecular complexity index is 883. The first kappa shape index (κ1) is 18.8. The van der Waals surface area contributed by atoms with Crippen LogP contribution in [-0.4, -0.2) is 28.3 Å². The van der Waals surface area contributed by atoms with E-state index in [1.54, 1.807) is 0 Å². The molecule has 0 heterocycles. The summed E-state index contributed by atoms with van der Waals surface area (Å²) in [5.41, 5.74) is -0.696. The van der Waals surface area contributed by atoms with Gasteiger partial charge in [-0.3, -0.25) is 25.0 Å². The number of hydrogen-bond donors (Lipinski definition) is 1. The van der Waals surface area contributed by atoms with E-state index >= 15 is 0 Å². The highest BCUT2D eigenvalue weighted by Crippen LogP contribution is 2.27. The van der Waals surface area contributed by atoms with Crippen LogP contribution in [0.25, 0.3) is 0 Å². The van der Waals surface area contributed by atoms with Crippen molar-refractivity contribution in [3.05, 3.63) is 73.3 Å². The van der Waals surface area contributed by atoms with Crippen LogP contribution in [-0.2, 0) is 9.53 Å². The number of hydrogen-bond acceptors (Lipinski definition) is 7. The average molecular weight is 380 g/mol.